The molecular formula is C19H19N3OS. The highest BCUT2D eigenvalue weighted by Crippen LogP contribution is 2.40. The lowest BCUT2D eigenvalue weighted by Crippen LogP contribution is -2.44. The van der Waals surface area contributed by atoms with E-state index >= 15 is 0 Å². The number of hydrogen-bond acceptors (Lipinski definition) is 4. The van der Waals surface area contributed by atoms with Crippen molar-refractivity contribution in [1.82, 2.24) is 15.3 Å². The van der Waals surface area contributed by atoms with Gasteiger partial charge in [-0.3, -0.25) is 4.79 Å². The molecule has 2 heterocycles. The zero-order valence-electron chi connectivity index (χ0n) is 13.6. The van der Waals surface area contributed by atoms with Crippen molar-refractivity contribution < 1.29 is 4.79 Å². The molecule has 2 aromatic heterocycles. The van der Waals surface area contributed by atoms with Crippen LogP contribution in [0, 0.1) is 6.92 Å². The van der Waals surface area contributed by atoms with Gasteiger partial charge in [-0.1, -0.05) is 37.1 Å². The Morgan fingerprint density at radius 3 is 2.67 bits per heavy atom. The van der Waals surface area contributed by atoms with E-state index in [0.29, 0.717) is 5.69 Å². The van der Waals surface area contributed by atoms with Crippen LogP contribution in [0.25, 0.3) is 10.9 Å². The number of rotatable bonds is 3. The van der Waals surface area contributed by atoms with E-state index in [4.69, 9.17) is 0 Å². The molecule has 1 aliphatic rings. The van der Waals surface area contributed by atoms with Gasteiger partial charge in [0, 0.05) is 16.5 Å². The van der Waals surface area contributed by atoms with E-state index in [1.807, 2.05) is 37.3 Å². The standard InChI is InChI=1S/C19H19N3OS/c1-13-12-24-18(20-13)19(10-4-5-11-19)22-17(23)16-9-8-14-6-2-3-7-15(14)21-16/h2-3,6-9,12H,4-5,10-11H2,1H3,(H,22,23). The number of aryl methyl sites for hydroxylation is 1. The number of benzene rings is 1. The van der Waals surface area contributed by atoms with Crippen molar-refractivity contribution in [3.63, 3.8) is 0 Å². The lowest BCUT2D eigenvalue weighted by molar-refractivity contribution is 0.0893. The van der Waals surface area contributed by atoms with Gasteiger partial charge in [-0.05, 0) is 31.9 Å². The van der Waals surface area contributed by atoms with Gasteiger partial charge in [0.1, 0.15) is 10.7 Å². The average Bonchev–Trinajstić information content (AvgIpc) is 3.24. The third-order valence-corrected chi connectivity index (χ3v) is 5.83. The molecular weight excluding hydrogens is 318 g/mol. The Kier molecular flexibility index (Phi) is 3.81. The highest BCUT2D eigenvalue weighted by atomic mass is 32.1. The van der Waals surface area contributed by atoms with Crippen LogP contribution in [-0.4, -0.2) is 15.9 Å². The largest absolute Gasteiger partial charge is 0.339 e. The van der Waals surface area contributed by atoms with Crippen molar-refractivity contribution in [1.29, 1.82) is 0 Å². The molecule has 0 spiro atoms. The molecule has 1 aromatic carbocycles. The monoisotopic (exact) mass is 337 g/mol. The van der Waals surface area contributed by atoms with E-state index in [1.54, 1.807) is 17.4 Å². The maximum Gasteiger partial charge on any atom is 0.270 e. The fourth-order valence-corrected chi connectivity index (χ4v) is 4.43. The molecule has 4 rings (SSSR count). The molecule has 0 unspecified atom stereocenters. The van der Waals surface area contributed by atoms with Crippen LogP contribution in [0.5, 0.6) is 0 Å². The first-order valence-corrected chi connectivity index (χ1v) is 9.15. The van der Waals surface area contributed by atoms with E-state index in [1.165, 1.54) is 0 Å². The Morgan fingerprint density at radius 1 is 1.12 bits per heavy atom. The van der Waals surface area contributed by atoms with Crippen LogP contribution in [0.15, 0.2) is 41.8 Å². The first-order valence-electron chi connectivity index (χ1n) is 8.27. The molecule has 0 aliphatic heterocycles. The van der Waals surface area contributed by atoms with E-state index in [9.17, 15) is 4.79 Å². The van der Waals surface area contributed by atoms with Crippen LogP contribution in [0.1, 0.15) is 46.9 Å². The maximum absolute atomic E-state index is 12.8. The maximum atomic E-state index is 12.8. The summed E-state index contributed by atoms with van der Waals surface area (Å²) in [4.78, 5) is 22.0. The van der Waals surface area contributed by atoms with Crippen molar-refractivity contribution in [3.05, 3.63) is 58.2 Å². The molecule has 1 amide bonds. The number of carbonyl (C=O) groups is 1. The van der Waals surface area contributed by atoms with Gasteiger partial charge in [-0.25, -0.2) is 9.97 Å². The highest BCUT2D eigenvalue weighted by Gasteiger charge is 2.39. The molecule has 1 aliphatic carbocycles. The smallest absolute Gasteiger partial charge is 0.270 e. The number of nitrogens with zero attached hydrogens (tertiary/aromatic N) is 2. The molecule has 5 heteroatoms. The molecule has 0 bridgehead atoms. The van der Waals surface area contributed by atoms with Crippen LogP contribution < -0.4 is 5.32 Å². The summed E-state index contributed by atoms with van der Waals surface area (Å²) in [5.41, 5.74) is 1.99. The van der Waals surface area contributed by atoms with E-state index in [-0.39, 0.29) is 11.4 Å². The number of carbonyl (C=O) groups excluding carboxylic acids is 1. The summed E-state index contributed by atoms with van der Waals surface area (Å²) in [6.45, 7) is 2.00. The van der Waals surface area contributed by atoms with Gasteiger partial charge in [0.25, 0.3) is 5.91 Å². The number of aromatic nitrogens is 2. The first kappa shape index (κ1) is 15.3. The molecule has 1 saturated carbocycles. The van der Waals surface area contributed by atoms with Gasteiger partial charge in [-0.2, -0.15) is 0 Å². The minimum Gasteiger partial charge on any atom is -0.339 e. The zero-order chi connectivity index (χ0) is 16.6. The second-order valence-electron chi connectivity index (χ2n) is 6.43. The summed E-state index contributed by atoms with van der Waals surface area (Å²) in [6.07, 6.45) is 4.12. The fourth-order valence-electron chi connectivity index (χ4n) is 3.42. The van der Waals surface area contributed by atoms with Gasteiger partial charge in [0.2, 0.25) is 0 Å². The Balaban J connectivity index is 1.65. The van der Waals surface area contributed by atoms with Gasteiger partial charge >= 0.3 is 0 Å². The molecule has 0 radical (unpaired) electrons. The quantitative estimate of drug-likeness (QED) is 0.779. The third kappa shape index (κ3) is 2.69. The lowest BCUT2D eigenvalue weighted by atomic mass is 9.98. The minimum absolute atomic E-state index is 0.115. The number of thiazole rings is 1. The Morgan fingerprint density at radius 2 is 1.92 bits per heavy atom. The zero-order valence-corrected chi connectivity index (χ0v) is 14.4. The Bertz CT molecular complexity index is 896. The molecule has 1 N–H and O–H groups in total. The molecule has 0 atom stereocenters. The van der Waals surface area contributed by atoms with Crippen molar-refractivity contribution in [2.24, 2.45) is 0 Å². The molecule has 0 saturated heterocycles. The summed E-state index contributed by atoms with van der Waals surface area (Å²) in [5.74, 6) is -0.115. The van der Waals surface area contributed by atoms with Crippen molar-refractivity contribution in [2.45, 2.75) is 38.1 Å². The molecule has 24 heavy (non-hydrogen) atoms. The number of fused-ring (bicyclic) bond motifs is 1. The number of para-hydroxylation sites is 1. The van der Waals surface area contributed by atoms with Crippen LogP contribution in [0.3, 0.4) is 0 Å². The number of hydrogen-bond donors (Lipinski definition) is 1. The van der Waals surface area contributed by atoms with Crippen LogP contribution in [0.2, 0.25) is 0 Å². The van der Waals surface area contributed by atoms with Crippen LogP contribution in [0.4, 0.5) is 0 Å². The summed E-state index contributed by atoms with van der Waals surface area (Å²) in [7, 11) is 0. The van der Waals surface area contributed by atoms with E-state index < -0.39 is 0 Å². The van der Waals surface area contributed by atoms with E-state index in [0.717, 1.165) is 47.3 Å². The van der Waals surface area contributed by atoms with Gasteiger partial charge in [-0.15, -0.1) is 11.3 Å². The predicted octanol–water partition coefficient (Wildman–Crippen LogP) is 4.20. The van der Waals surface area contributed by atoms with Crippen molar-refractivity contribution in [3.8, 4) is 0 Å². The lowest BCUT2D eigenvalue weighted by Gasteiger charge is -2.28. The molecule has 4 nitrogen and oxygen atoms in total. The minimum atomic E-state index is -0.330. The van der Waals surface area contributed by atoms with Crippen molar-refractivity contribution >= 4 is 28.1 Å². The summed E-state index contributed by atoms with van der Waals surface area (Å²) in [6, 6.07) is 11.6. The first-order chi connectivity index (χ1) is 11.7. The summed E-state index contributed by atoms with van der Waals surface area (Å²) < 4.78 is 0. The number of pyridine rings is 1. The van der Waals surface area contributed by atoms with Gasteiger partial charge in [0.15, 0.2) is 0 Å². The molecule has 122 valence electrons. The number of amides is 1. The predicted molar refractivity (Wildman–Crippen MR) is 96.2 cm³/mol. The average molecular weight is 337 g/mol. The Labute approximate surface area is 145 Å². The van der Waals surface area contributed by atoms with Crippen LogP contribution in [-0.2, 0) is 5.54 Å². The second-order valence-corrected chi connectivity index (χ2v) is 7.28. The normalized spacial score (nSPS) is 16.4. The highest BCUT2D eigenvalue weighted by molar-refractivity contribution is 7.09. The summed E-state index contributed by atoms with van der Waals surface area (Å²) in [5, 5.41) is 7.36. The van der Waals surface area contributed by atoms with Crippen LogP contribution >= 0.6 is 11.3 Å². The molecule has 1 fully saturated rings. The SMILES string of the molecule is Cc1csc(C2(NC(=O)c3ccc4ccccc4n3)CCCC2)n1. The third-order valence-electron chi connectivity index (χ3n) is 4.67. The van der Waals surface area contributed by atoms with E-state index in [2.05, 4.69) is 20.7 Å². The fraction of sp³-hybridized carbons (Fsp3) is 0.316. The second kappa shape index (κ2) is 5.98. The summed E-state index contributed by atoms with van der Waals surface area (Å²) >= 11 is 1.64. The van der Waals surface area contributed by atoms with Gasteiger partial charge < -0.3 is 5.32 Å². The van der Waals surface area contributed by atoms with Crippen molar-refractivity contribution in [2.75, 3.05) is 0 Å². The number of nitrogens with one attached hydrogen (secondary N) is 1. The Hall–Kier alpha value is -2.27. The van der Waals surface area contributed by atoms with Gasteiger partial charge in [0.05, 0.1) is 11.1 Å². The molecule has 3 aromatic rings. The topological polar surface area (TPSA) is 54.9 Å².